The smallest absolute Gasteiger partial charge is 0.152 e. The van der Waals surface area contributed by atoms with Crippen LogP contribution >= 0.6 is 0 Å². The first kappa shape index (κ1) is 15.3. The molecule has 1 fully saturated rings. The van der Waals surface area contributed by atoms with Crippen LogP contribution in [0.5, 0.6) is 0 Å². The number of benzene rings is 1. The first-order chi connectivity index (χ1) is 9.21. The molecule has 0 spiro atoms. The normalized spacial score (nSPS) is 26.6. The highest BCUT2D eigenvalue weighted by atomic mass is 32.2. The van der Waals surface area contributed by atoms with Crippen molar-refractivity contribution in [3.63, 3.8) is 0 Å². The molecule has 1 saturated heterocycles. The number of hydrogen-bond acceptors (Lipinski definition) is 4. The highest BCUT2D eigenvalue weighted by molar-refractivity contribution is 7.91. The van der Waals surface area contributed by atoms with Crippen LogP contribution < -0.4 is 5.32 Å². The summed E-state index contributed by atoms with van der Waals surface area (Å²) in [7, 11) is -3.05. The van der Waals surface area contributed by atoms with Crippen LogP contribution in [0.15, 0.2) is 18.2 Å². The van der Waals surface area contributed by atoms with E-state index in [-0.39, 0.29) is 23.6 Å². The number of aliphatic hydroxyl groups is 1. The lowest BCUT2D eigenvalue weighted by atomic mass is 10.0. The first-order valence-electron chi connectivity index (χ1n) is 6.29. The standard InChI is InChI=1S/C13H17F2NO3S/c1-13(4-5-20(18,19)8-13)16-7-12(17)10-3-2-9(14)6-11(10)15/h2-3,6,12,16-17H,4-5,7-8H2,1H3. The molecule has 2 N–H and O–H groups in total. The SMILES string of the molecule is CC1(NCC(O)c2ccc(F)cc2F)CCS(=O)(=O)C1. The molecule has 0 aromatic heterocycles. The molecule has 2 atom stereocenters. The van der Waals surface area contributed by atoms with Crippen molar-refractivity contribution in [1.29, 1.82) is 0 Å². The molecule has 1 heterocycles. The minimum absolute atomic E-state index is 0.00137. The summed E-state index contributed by atoms with van der Waals surface area (Å²) in [5.74, 6) is -1.42. The Bertz CT molecular complexity index is 606. The molecule has 0 amide bonds. The van der Waals surface area contributed by atoms with Crippen molar-refractivity contribution < 1.29 is 22.3 Å². The topological polar surface area (TPSA) is 66.4 Å². The lowest BCUT2D eigenvalue weighted by molar-refractivity contribution is 0.157. The van der Waals surface area contributed by atoms with Gasteiger partial charge < -0.3 is 10.4 Å². The van der Waals surface area contributed by atoms with Gasteiger partial charge in [0.15, 0.2) is 9.84 Å². The molecule has 2 unspecified atom stereocenters. The Hall–Kier alpha value is -1.05. The van der Waals surface area contributed by atoms with E-state index in [1.165, 1.54) is 6.07 Å². The minimum atomic E-state index is -3.05. The Morgan fingerprint density at radius 3 is 2.70 bits per heavy atom. The predicted molar refractivity (Wildman–Crippen MR) is 71.0 cm³/mol. The molecule has 1 aromatic carbocycles. The average molecular weight is 305 g/mol. The number of halogens is 2. The third-order valence-corrected chi connectivity index (χ3v) is 5.45. The summed E-state index contributed by atoms with van der Waals surface area (Å²) in [4.78, 5) is 0. The molecule has 20 heavy (non-hydrogen) atoms. The highest BCUT2D eigenvalue weighted by Crippen LogP contribution is 2.24. The lowest BCUT2D eigenvalue weighted by Crippen LogP contribution is -2.45. The summed E-state index contributed by atoms with van der Waals surface area (Å²) in [5, 5.41) is 12.9. The van der Waals surface area contributed by atoms with Crippen molar-refractivity contribution in [2.45, 2.75) is 25.0 Å². The third-order valence-electron chi connectivity index (χ3n) is 3.55. The van der Waals surface area contributed by atoms with Gasteiger partial charge in [0.1, 0.15) is 11.6 Å². The molecule has 2 rings (SSSR count). The van der Waals surface area contributed by atoms with E-state index in [0.29, 0.717) is 12.5 Å². The second kappa shape index (κ2) is 5.38. The van der Waals surface area contributed by atoms with E-state index in [1.54, 1.807) is 6.92 Å². The van der Waals surface area contributed by atoms with E-state index >= 15 is 0 Å². The summed E-state index contributed by atoms with van der Waals surface area (Å²) in [6, 6.07) is 2.97. The van der Waals surface area contributed by atoms with Gasteiger partial charge in [-0.05, 0) is 19.4 Å². The van der Waals surface area contributed by atoms with Crippen LogP contribution in [0.25, 0.3) is 0 Å². The Morgan fingerprint density at radius 2 is 2.15 bits per heavy atom. The fourth-order valence-electron chi connectivity index (χ4n) is 2.37. The third kappa shape index (κ3) is 3.53. The fraction of sp³-hybridized carbons (Fsp3) is 0.538. The van der Waals surface area contributed by atoms with Crippen LogP contribution in [0.3, 0.4) is 0 Å². The largest absolute Gasteiger partial charge is 0.387 e. The second-order valence-electron chi connectivity index (χ2n) is 5.47. The summed E-state index contributed by atoms with van der Waals surface area (Å²) in [6.45, 7) is 1.76. The molecule has 1 aliphatic heterocycles. The monoisotopic (exact) mass is 305 g/mol. The van der Waals surface area contributed by atoms with Gasteiger partial charge >= 0.3 is 0 Å². The number of hydrogen-bond donors (Lipinski definition) is 2. The molecule has 1 aromatic rings. The van der Waals surface area contributed by atoms with Gasteiger partial charge in [-0.2, -0.15) is 0 Å². The predicted octanol–water partition coefficient (Wildman–Crippen LogP) is 1.17. The summed E-state index contributed by atoms with van der Waals surface area (Å²) < 4.78 is 49.2. The van der Waals surface area contributed by atoms with Crippen molar-refractivity contribution in [1.82, 2.24) is 5.32 Å². The van der Waals surface area contributed by atoms with E-state index in [4.69, 9.17) is 0 Å². The minimum Gasteiger partial charge on any atom is -0.387 e. The zero-order chi connectivity index (χ0) is 15.0. The summed E-state index contributed by atoms with van der Waals surface area (Å²) >= 11 is 0. The van der Waals surface area contributed by atoms with Gasteiger partial charge in [-0.25, -0.2) is 17.2 Å². The average Bonchev–Trinajstić information content (AvgIpc) is 2.61. The summed E-state index contributed by atoms with van der Waals surface area (Å²) in [5.41, 5.74) is -0.626. The van der Waals surface area contributed by atoms with E-state index in [9.17, 15) is 22.3 Å². The molecular formula is C13H17F2NO3S. The Labute approximate surface area is 116 Å². The van der Waals surface area contributed by atoms with Gasteiger partial charge in [0, 0.05) is 23.7 Å². The van der Waals surface area contributed by atoms with Gasteiger partial charge in [-0.1, -0.05) is 6.07 Å². The van der Waals surface area contributed by atoms with Gasteiger partial charge in [0.2, 0.25) is 0 Å². The number of rotatable bonds is 4. The van der Waals surface area contributed by atoms with E-state index in [1.807, 2.05) is 0 Å². The maximum atomic E-state index is 13.5. The molecular weight excluding hydrogens is 288 g/mol. The number of β-amino-alcohol motifs (C(OH)–C–C–N with tert-alkyl or cyclic N) is 1. The fourth-order valence-corrected chi connectivity index (χ4v) is 4.50. The van der Waals surface area contributed by atoms with Crippen molar-refractivity contribution in [3.05, 3.63) is 35.4 Å². The molecule has 0 radical (unpaired) electrons. The van der Waals surface area contributed by atoms with Crippen molar-refractivity contribution in [2.24, 2.45) is 0 Å². The zero-order valence-corrected chi connectivity index (χ0v) is 11.9. The molecule has 112 valence electrons. The van der Waals surface area contributed by atoms with Gasteiger partial charge in [0.25, 0.3) is 0 Å². The Morgan fingerprint density at radius 1 is 1.45 bits per heavy atom. The highest BCUT2D eigenvalue weighted by Gasteiger charge is 2.38. The van der Waals surface area contributed by atoms with Gasteiger partial charge in [-0.3, -0.25) is 0 Å². The van der Waals surface area contributed by atoms with Crippen LogP contribution in [0.2, 0.25) is 0 Å². The molecule has 0 aliphatic carbocycles. The lowest BCUT2D eigenvalue weighted by Gasteiger charge is -2.26. The molecule has 7 heteroatoms. The molecule has 0 bridgehead atoms. The van der Waals surface area contributed by atoms with Crippen LogP contribution in [0.1, 0.15) is 25.0 Å². The van der Waals surface area contributed by atoms with E-state index < -0.39 is 33.1 Å². The van der Waals surface area contributed by atoms with E-state index in [2.05, 4.69) is 5.32 Å². The van der Waals surface area contributed by atoms with Gasteiger partial charge in [-0.15, -0.1) is 0 Å². The Kier molecular flexibility index (Phi) is 4.13. The number of aliphatic hydroxyl groups excluding tert-OH is 1. The molecule has 4 nitrogen and oxygen atoms in total. The zero-order valence-electron chi connectivity index (χ0n) is 11.1. The van der Waals surface area contributed by atoms with Crippen LogP contribution in [-0.2, 0) is 9.84 Å². The van der Waals surface area contributed by atoms with Crippen molar-refractivity contribution in [3.8, 4) is 0 Å². The second-order valence-corrected chi connectivity index (χ2v) is 7.65. The van der Waals surface area contributed by atoms with E-state index in [0.717, 1.165) is 6.07 Å². The van der Waals surface area contributed by atoms with Crippen LogP contribution in [0.4, 0.5) is 8.78 Å². The maximum Gasteiger partial charge on any atom is 0.152 e. The van der Waals surface area contributed by atoms with Crippen molar-refractivity contribution in [2.75, 3.05) is 18.1 Å². The van der Waals surface area contributed by atoms with Crippen LogP contribution in [0, 0.1) is 11.6 Å². The quantitative estimate of drug-likeness (QED) is 0.876. The first-order valence-corrected chi connectivity index (χ1v) is 8.11. The number of sulfone groups is 1. The van der Waals surface area contributed by atoms with Gasteiger partial charge in [0.05, 0.1) is 17.6 Å². The number of nitrogens with one attached hydrogen (secondary N) is 1. The summed E-state index contributed by atoms with van der Waals surface area (Å²) in [6.07, 6.45) is -0.704. The molecule has 0 saturated carbocycles. The maximum absolute atomic E-state index is 13.5. The Balaban J connectivity index is 2.00. The van der Waals surface area contributed by atoms with Crippen molar-refractivity contribution >= 4 is 9.84 Å². The molecule has 1 aliphatic rings. The van der Waals surface area contributed by atoms with Crippen LogP contribution in [-0.4, -0.2) is 37.1 Å².